The van der Waals surface area contributed by atoms with Gasteiger partial charge in [-0.05, 0) is 52.4 Å². The number of hydrogen-bond acceptors (Lipinski definition) is 3. The largest absolute Gasteiger partial charge is 0.444 e. The van der Waals surface area contributed by atoms with E-state index in [0.29, 0.717) is 5.92 Å². The van der Waals surface area contributed by atoms with E-state index in [-0.39, 0.29) is 11.6 Å². The number of carbonyl (C=O) groups is 1. The average Bonchev–Trinajstić information content (AvgIpc) is 2.96. The highest BCUT2D eigenvalue weighted by molar-refractivity contribution is 5.68. The van der Waals surface area contributed by atoms with Crippen molar-refractivity contribution in [3.05, 3.63) is 0 Å². The van der Waals surface area contributed by atoms with Crippen molar-refractivity contribution >= 4 is 6.09 Å². The summed E-state index contributed by atoms with van der Waals surface area (Å²) in [7, 11) is 0. The lowest BCUT2D eigenvalue weighted by Gasteiger charge is -2.36. The molecule has 17 heavy (non-hydrogen) atoms. The molecule has 0 spiro atoms. The van der Waals surface area contributed by atoms with E-state index in [0.717, 1.165) is 38.8 Å². The lowest BCUT2D eigenvalue weighted by atomic mass is 9.89. The second kappa shape index (κ2) is 4.16. The Labute approximate surface area is 103 Å². The number of likely N-dealkylation sites (tertiary alicyclic amines) is 1. The zero-order chi connectivity index (χ0) is 12.7. The van der Waals surface area contributed by atoms with Gasteiger partial charge in [0.2, 0.25) is 0 Å². The third kappa shape index (κ3) is 3.12. The molecular weight excluding hydrogens is 216 g/mol. The van der Waals surface area contributed by atoms with Gasteiger partial charge >= 0.3 is 6.09 Å². The summed E-state index contributed by atoms with van der Waals surface area (Å²) in [6.07, 6.45) is 4.23. The number of carbonyl (C=O) groups excluding carboxylic acids is 1. The van der Waals surface area contributed by atoms with Crippen LogP contribution in [0.4, 0.5) is 4.79 Å². The molecule has 0 unspecified atom stereocenters. The number of amides is 1. The maximum Gasteiger partial charge on any atom is 0.410 e. The fraction of sp³-hybridized carbons (Fsp3) is 0.923. The Morgan fingerprint density at radius 1 is 1.41 bits per heavy atom. The fourth-order valence-corrected chi connectivity index (χ4v) is 2.49. The summed E-state index contributed by atoms with van der Waals surface area (Å²) in [5.41, 5.74) is 5.83. The first kappa shape index (κ1) is 12.7. The van der Waals surface area contributed by atoms with E-state index in [2.05, 4.69) is 0 Å². The second-order valence-electron chi connectivity index (χ2n) is 6.50. The number of hydrogen-bond donors (Lipinski definition) is 1. The summed E-state index contributed by atoms with van der Waals surface area (Å²) < 4.78 is 5.40. The van der Waals surface area contributed by atoms with Gasteiger partial charge in [-0.3, -0.25) is 0 Å². The zero-order valence-electron chi connectivity index (χ0n) is 11.2. The zero-order valence-corrected chi connectivity index (χ0v) is 11.2. The number of nitrogens with two attached hydrogens (primary N) is 1. The molecule has 1 saturated carbocycles. The molecule has 1 atom stereocenters. The maximum absolute atomic E-state index is 12.0. The molecule has 2 rings (SSSR count). The predicted octanol–water partition coefficient (Wildman–Crippen LogP) is 2.12. The Bertz CT molecular complexity index is 305. The first-order valence-electron chi connectivity index (χ1n) is 6.57. The van der Waals surface area contributed by atoms with Crippen molar-refractivity contribution in [2.24, 2.45) is 11.7 Å². The van der Waals surface area contributed by atoms with Crippen LogP contribution in [0, 0.1) is 5.92 Å². The van der Waals surface area contributed by atoms with Crippen molar-refractivity contribution in [1.82, 2.24) is 4.90 Å². The van der Waals surface area contributed by atoms with Crippen molar-refractivity contribution in [2.45, 2.75) is 57.6 Å². The van der Waals surface area contributed by atoms with Crippen LogP contribution in [0.3, 0.4) is 0 Å². The van der Waals surface area contributed by atoms with Gasteiger partial charge in [0.25, 0.3) is 0 Å². The van der Waals surface area contributed by atoms with E-state index in [4.69, 9.17) is 10.5 Å². The Morgan fingerprint density at radius 3 is 2.59 bits per heavy atom. The lowest BCUT2D eigenvalue weighted by molar-refractivity contribution is 0.0147. The molecule has 4 nitrogen and oxygen atoms in total. The molecule has 0 aromatic heterocycles. The average molecular weight is 240 g/mol. The molecule has 1 aliphatic carbocycles. The maximum atomic E-state index is 12.0. The molecule has 2 fully saturated rings. The van der Waals surface area contributed by atoms with Gasteiger partial charge < -0.3 is 15.4 Å². The standard InChI is InChI=1S/C13H24N2O2/c1-12(2,3)17-11(16)15-8-4-5-10(9-15)13(14)6-7-13/h10H,4-9,14H2,1-3H3/t10-/m1/s1. The topological polar surface area (TPSA) is 55.6 Å². The Morgan fingerprint density at radius 2 is 2.06 bits per heavy atom. The van der Waals surface area contributed by atoms with E-state index in [1.807, 2.05) is 25.7 Å². The molecule has 1 aliphatic heterocycles. The normalized spacial score (nSPS) is 27.8. The molecule has 1 saturated heterocycles. The molecule has 0 radical (unpaired) electrons. The van der Waals surface area contributed by atoms with Crippen LogP contribution in [0.2, 0.25) is 0 Å². The molecule has 1 heterocycles. The molecule has 98 valence electrons. The lowest BCUT2D eigenvalue weighted by Crippen LogP contribution is -2.48. The van der Waals surface area contributed by atoms with Gasteiger partial charge in [-0.2, -0.15) is 0 Å². The monoisotopic (exact) mass is 240 g/mol. The molecule has 2 N–H and O–H groups in total. The van der Waals surface area contributed by atoms with Crippen LogP contribution in [0.15, 0.2) is 0 Å². The smallest absolute Gasteiger partial charge is 0.410 e. The van der Waals surface area contributed by atoms with Gasteiger partial charge in [-0.1, -0.05) is 0 Å². The van der Waals surface area contributed by atoms with E-state index in [1.54, 1.807) is 0 Å². The van der Waals surface area contributed by atoms with Crippen molar-refractivity contribution < 1.29 is 9.53 Å². The van der Waals surface area contributed by atoms with Crippen LogP contribution in [0.5, 0.6) is 0 Å². The highest BCUT2D eigenvalue weighted by Crippen LogP contribution is 2.43. The van der Waals surface area contributed by atoms with Crippen LogP contribution in [-0.2, 0) is 4.74 Å². The van der Waals surface area contributed by atoms with Gasteiger partial charge in [-0.15, -0.1) is 0 Å². The van der Waals surface area contributed by atoms with Crippen LogP contribution in [0.25, 0.3) is 0 Å². The van der Waals surface area contributed by atoms with E-state index in [9.17, 15) is 4.79 Å². The summed E-state index contributed by atoms with van der Waals surface area (Å²) in [6.45, 7) is 7.28. The van der Waals surface area contributed by atoms with Crippen molar-refractivity contribution in [2.75, 3.05) is 13.1 Å². The second-order valence-corrected chi connectivity index (χ2v) is 6.50. The molecule has 0 bridgehead atoms. The van der Waals surface area contributed by atoms with Crippen LogP contribution in [0.1, 0.15) is 46.5 Å². The fourth-order valence-electron chi connectivity index (χ4n) is 2.49. The predicted molar refractivity (Wildman–Crippen MR) is 66.7 cm³/mol. The van der Waals surface area contributed by atoms with Gasteiger partial charge in [0.05, 0.1) is 0 Å². The first-order chi connectivity index (χ1) is 7.80. The van der Waals surface area contributed by atoms with Crippen LogP contribution < -0.4 is 5.73 Å². The molecular formula is C13H24N2O2. The van der Waals surface area contributed by atoms with E-state index >= 15 is 0 Å². The molecule has 1 amide bonds. The van der Waals surface area contributed by atoms with Gasteiger partial charge in [0.15, 0.2) is 0 Å². The molecule has 0 aromatic rings. The molecule has 2 aliphatic rings. The van der Waals surface area contributed by atoms with Crippen molar-refractivity contribution in [3.63, 3.8) is 0 Å². The van der Waals surface area contributed by atoms with Crippen LogP contribution in [-0.4, -0.2) is 35.2 Å². The van der Waals surface area contributed by atoms with E-state index < -0.39 is 5.60 Å². The Balaban J connectivity index is 1.91. The Hall–Kier alpha value is -0.770. The molecule has 0 aromatic carbocycles. The minimum Gasteiger partial charge on any atom is -0.444 e. The summed E-state index contributed by atoms with van der Waals surface area (Å²) in [5, 5.41) is 0. The third-order valence-corrected chi connectivity index (χ3v) is 3.71. The van der Waals surface area contributed by atoms with Gasteiger partial charge in [0.1, 0.15) is 5.60 Å². The number of piperidine rings is 1. The minimum absolute atomic E-state index is 0.0146. The SMILES string of the molecule is CC(C)(C)OC(=O)N1CCC[C@@H](C2(N)CC2)C1. The quantitative estimate of drug-likeness (QED) is 0.764. The van der Waals surface area contributed by atoms with Crippen molar-refractivity contribution in [3.8, 4) is 0 Å². The van der Waals surface area contributed by atoms with Crippen LogP contribution >= 0.6 is 0 Å². The first-order valence-corrected chi connectivity index (χ1v) is 6.57. The number of nitrogens with zero attached hydrogens (tertiary/aromatic N) is 1. The van der Waals surface area contributed by atoms with Gasteiger partial charge in [0, 0.05) is 18.6 Å². The van der Waals surface area contributed by atoms with E-state index in [1.165, 1.54) is 0 Å². The summed E-state index contributed by atoms with van der Waals surface area (Å²) in [4.78, 5) is 13.8. The summed E-state index contributed by atoms with van der Waals surface area (Å²) in [6, 6.07) is 0. The summed E-state index contributed by atoms with van der Waals surface area (Å²) >= 11 is 0. The third-order valence-electron chi connectivity index (χ3n) is 3.71. The highest BCUT2D eigenvalue weighted by atomic mass is 16.6. The summed E-state index contributed by atoms with van der Waals surface area (Å²) in [5.74, 6) is 0.462. The minimum atomic E-state index is -0.413. The molecule has 4 heteroatoms. The highest BCUT2D eigenvalue weighted by Gasteiger charge is 2.47. The van der Waals surface area contributed by atoms with Gasteiger partial charge in [-0.25, -0.2) is 4.79 Å². The number of rotatable bonds is 1. The Kier molecular flexibility index (Phi) is 3.10. The van der Waals surface area contributed by atoms with Crippen molar-refractivity contribution in [1.29, 1.82) is 0 Å². The number of ether oxygens (including phenoxy) is 1.